The SMILES string of the molecule is CCOC(=O)c1sc(NC(=O)[C@H]2CC=CC[C@@H]2C(=O)O)cc1C. The molecule has 6 nitrogen and oxygen atoms in total. The second kappa shape index (κ2) is 7.41. The van der Waals surface area contributed by atoms with E-state index in [1.54, 1.807) is 26.0 Å². The van der Waals surface area contributed by atoms with Crippen LogP contribution in [0.2, 0.25) is 0 Å². The summed E-state index contributed by atoms with van der Waals surface area (Å²) in [6.45, 7) is 3.78. The van der Waals surface area contributed by atoms with E-state index in [4.69, 9.17) is 4.74 Å². The van der Waals surface area contributed by atoms with Gasteiger partial charge in [-0.2, -0.15) is 0 Å². The Labute approximate surface area is 138 Å². The molecule has 0 saturated carbocycles. The van der Waals surface area contributed by atoms with Crippen molar-refractivity contribution < 1.29 is 24.2 Å². The highest BCUT2D eigenvalue weighted by Crippen LogP contribution is 2.31. The van der Waals surface area contributed by atoms with E-state index in [0.29, 0.717) is 22.7 Å². The first kappa shape index (κ1) is 17.2. The number of rotatable bonds is 5. The Hall–Kier alpha value is -2.15. The van der Waals surface area contributed by atoms with Crippen molar-refractivity contribution in [1.82, 2.24) is 0 Å². The Morgan fingerprint density at radius 2 is 1.96 bits per heavy atom. The van der Waals surface area contributed by atoms with Gasteiger partial charge in [0, 0.05) is 0 Å². The largest absolute Gasteiger partial charge is 0.481 e. The highest BCUT2D eigenvalue weighted by atomic mass is 32.1. The Bertz CT molecular complexity index is 649. The van der Waals surface area contributed by atoms with Gasteiger partial charge in [-0.05, 0) is 38.3 Å². The van der Waals surface area contributed by atoms with Crippen molar-refractivity contribution in [3.8, 4) is 0 Å². The maximum Gasteiger partial charge on any atom is 0.348 e. The van der Waals surface area contributed by atoms with Gasteiger partial charge in [-0.15, -0.1) is 11.3 Å². The van der Waals surface area contributed by atoms with Crippen molar-refractivity contribution in [1.29, 1.82) is 0 Å². The van der Waals surface area contributed by atoms with Crippen molar-refractivity contribution in [3.63, 3.8) is 0 Å². The number of hydrogen-bond acceptors (Lipinski definition) is 5. The molecule has 1 heterocycles. The zero-order valence-electron chi connectivity index (χ0n) is 13.0. The van der Waals surface area contributed by atoms with Crippen LogP contribution in [0.25, 0.3) is 0 Å². The summed E-state index contributed by atoms with van der Waals surface area (Å²) in [4.78, 5) is 35.9. The fourth-order valence-electron chi connectivity index (χ4n) is 2.53. The Morgan fingerprint density at radius 3 is 2.57 bits per heavy atom. The topological polar surface area (TPSA) is 92.7 Å². The summed E-state index contributed by atoms with van der Waals surface area (Å²) in [7, 11) is 0. The lowest BCUT2D eigenvalue weighted by molar-refractivity contribution is -0.146. The molecule has 0 aromatic carbocycles. The molecule has 0 radical (unpaired) electrons. The second-order valence-electron chi connectivity index (χ2n) is 5.33. The lowest BCUT2D eigenvalue weighted by Crippen LogP contribution is -2.34. The summed E-state index contributed by atoms with van der Waals surface area (Å²) in [5.41, 5.74) is 0.724. The van der Waals surface area contributed by atoms with Gasteiger partial charge in [0.05, 0.1) is 23.4 Å². The lowest BCUT2D eigenvalue weighted by Gasteiger charge is -2.23. The second-order valence-corrected chi connectivity index (χ2v) is 6.38. The van der Waals surface area contributed by atoms with E-state index in [1.165, 1.54) is 0 Å². The number of carboxylic acids is 1. The van der Waals surface area contributed by atoms with Gasteiger partial charge >= 0.3 is 11.9 Å². The summed E-state index contributed by atoms with van der Waals surface area (Å²) in [6, 6.07) is 1.70. The van der Waals surface area contributed by atoms with E-state index in [0.717, 1.165) is 16.9 Å². The number of nitrogens with one attached hydrogen (secondary N) is 1. The molecule has 1 aliphatic carbocycles. The van der Waals surface area contributed by atoms with E-state index in [-0.39, 0.29) is 12.5 Å². The summed E-state index contributed by atoms with van der Waals surface area (Å²) >= 11 is 1.14. The van der Waals surface area contributed by atoms with Crippen LogP contribution in [0.3, 0.4) is 0 Å². The molecule has 0 saturated heterocycles. The molecule has 23 heavy (non-hydrogen) atoms. The van der Waals surface area contributed by atoms with Crippen molar-refractivity contribution in [3.05, 3.63) is 28.7 Å². The minimum absolute atomic E-state index is 0.284. The highest BCUT2D eigenvalue weighted by molar-refractivity contribution is 7.18. The molecule has 0 aliphatic heterocycles. The quantitative estimate of drug-likeness (QED) is 0.636. The van der Waals surface area contributed by atoms with Crippen LogP contribution < -0.4 is 5.32 Å². The molecule has 0 spiro atoms. The van der Waals surface area contributed by atoms with E-state index < -0.39 is 23.8 Å². The van der Waals surface area contributed by atoms with Crippen LogP contribution in [0.5, 0.6) is 0 Å². The number of aliphatic carboxylic acids is 1. The molecule has 1 aromatic rings. The molecule has 1 amide bonds. The third-order valence-corrected chi connectivity index (χ3v) is 4.84. The van der Waals surface area contributed by atoms with Gasteiger partial charge < -0.3 is 15.2 Å². The summed E-state index contributed by atoms with van der Waals surface area (Å²) < 4.78 is 4.96. The number of amides is 1. The average Bonchev–Trinajstić information content (AvgIpc) is 2.88. The number of carboxylic acid groups (broad SMARTS) is 1. The van der Waals surface area contributed by atoms with Crippen molar-refractivity contribution in [2.75, 3.05) is 11.9 Å². The number of esters is 1. The number of thiophene rings is 1. The molecular weight excluding hydrogens is 318 g/mol. The molecule has 0 unspecified atom stereocenters. The van der Waals surface area contributed by atoms with E-state index >= 15 is 0 Å². The van der Waals surface area contributed by atoms with E-state index in [9.17, 15) is 19.5 Å². The molecule has 0 bridgehead atoms. The lowest BCUT2D eigenvalue weighted by atomic mass is 9.82. The van der Waals surface area contributed by atoms with Crippen molar-refractivity contribution >= 4 is 34.2 Å². The number of ether oxygens (including phenoxy) is 1. The summed E-state index contributed by atoms with van der Waals surface area (Å²) in [5, 5.41) is 12.5. The normalized spacial score (nSPS) is 20.1. The summed E-state index contributed by atoms with van der Waals surface area (Å²) in [5.74, 6) is -3.04. The minimum atomic E-state index is -0.968. The van der Waals surface area contributed by atoms with Crippen molar-refractivity contribution in [2.45, 2.75) is 26.7 Å². The number of carbonyl (C=O) groups is 3. The molecule has 2 rings (SSSR count). The zero-order chi connectivity index (χ0) is 17.0. The Kier molecular flexibility index (Phi) is 5.54. The van der Waals surface area contributed by atoms with Gasteiger partial charge in [0.2, 0.25) is 5.91 Å². The maximum atomic E-state index is 12.4. The van der Waals surface area contributed by atoms with Gasteiger partial charge in [-0.1, -0.05) is 12.2 Å². The molecule has 7 heteroatoms. The molecule has 0 fully saturated rings. The van der Waals surface area contributed by atoms with E-state index in [1.807, 2.05) is 6.08 Å². The van der Waals surface area contributed by atoms with Gasteiger partial charge in [-0.3, -0.25) is 9.59 Å². The van der Waals surface area contributed by atoms with Gasteiger partial charge in [-0.25, -0.2) is 4.79 Å². The average molecular weight is 337 g/mol. The molecule has 2 N–H and O–H groups in total. The standard InChI is InChI=1S/C16H19NO5S/c1-3-22-16(21)13-9(2)8-12(23-13)17-14(18)10-6-4-5-7-11(10)15(19)20/h4-5,8,10-11H,3,6-7H2,1-2H3,(H,17,18)(H,19,20)/t10-,11-/m0/s1. The third-order valence-electron chi connectivity index (χ3n) is 3.71. The van der Waals surface area contributed by atoms with Gasteiger partial charge in [0.25, 0.3) is 0 Å². The number of anilines is 1. The molecule has 1 aromatic heterocycles. The Morgan fingerprint density at radius 1 is 1.30 bits per heavy atom. The monoisotopic (exact) mass is 337 g/mol. The fraction of sp³-hybridized carbons (Fsp3) is 0.438. The van der Waals surface area contributed by atoms with Crippen LogP contribution in [0, 0.1) is 18.8 Å². The maximum absolute atomic E-state index is 12.4. The first-order chi connectivity index (χ1) is 10.9. The van der Waals surface area contributed by atoms with Crippen LogP contribution >= 0.6 is 11.3 Å². The number of allylic oxidation sites excluding steroid dienone is 2. The number of carbonyl (C=O) groups excluding carboxylic acids is 2. The predicted octanol–water partition coefficient (Wildman–Crippen LogP) is 2.84. The molecule has 2 atom stereocenters. The van der Waals surface area contributed by atoms with Gasteiger partial charge in [0.15, 0.2) is 0 Å². The molecule has 124 valence electrons. The van der Waals surface area contributed by atoms with E-state index in [2.05, 4.69) is 5.32 Å². The first-order valence-electron chi connectivity index (χ1n) is 7.40. The number of aryl methyl sites for hydroxylation is 1. The van der Waals surface area contributed by atoms with Crippen LogP contribution in [-0.2, 0) is 14.3 Å². The highest BCUT2D eigenvalue weighted by Gasteiger charge is 2.34. The van der Waals surface area contributed by atoms with Crippen molar-refractivity contribution in [2.24, 2.45) is 11.8 Å². The summed E-state index contributed by atoms with van der Waals surface area (Å²) in [6.07, 6.45) is 4.37. The number of hydrogen-bond donors (Lipinski definition) is 2. The van der Waals surface area contributed by atoms with Crippen LogP contribution in [0.15, 0.2) is 18.2 Å². The molecule has 1 aliphatic rings. The zero-order valence-corrected chi connectivity index (χ0v) is 13.8. The predicted molar refractivity (Wildman–Crippen MR) is 86.6 cm³/mol. The smallest absolute Gasteiger partial charge is 0.348 e. The Balaban J connectivity index is 2.11. The van der Waals surface area contributed by atoms with Crippen LogP contribution in [-0.4, -0.2) is 29.6 Å². The minimum Gasteiger partial charge on any atom is -0.481 e. The van der Waals surface area contributed by atoms with Crippen LogP contribution in [0.1, 0.15) is 35.0 Å². The first-order valence-corrected chi connectivity index (χ1v) is 8.21. The van der Waals surface area contributed by atoms with Gasteiger partial charge in [0.1, 0.15) is 4.88 Å². The van der Waals surface area contributed by atoms with Crippen LogP contribution in [0.4, 0.5) is 5.00 Å². The molecular formula is C16H19NO5S. The fourth-order valence-corrected chi connectivity index (χ4v) is 3.50. The third kappa shape index (κ3) is 3.98.